The minimum Gasteiger partial charge on any atom is -0.481 e. The number of nitrogens with zero attached hydrogens (tertiary/aromatic N) is 4. The van der Waals surface area contributed by atoms with Crippen molar-refractivity contribution in [1.82, 2.24) is 14.8 Å². The van der Waals surface area contributed by atoms with Gasteiger partial charge >= 0.3 is 5.97 Å². The second kappa shape index (κ2) is 7.34. The number of thioether (sulfide) groups is 1. The predicted octanol–water partition coefficient (Wildman–Crippen LogP) is 0.946. The Morgan fingerprint density at radius 3 is 2.79 bits per heavy atom. The Labute approximate surface area is 116 Å². The number of likely N-dealkylation sites (N-methyl/N-ethyl adjacent to an activating group) is 1. The first kappa shape index (κ1) is 15.8. The van der Waals surface area contributed by atoms with Crippen LogP contribution in [0.4, 0.5) is 5.95 Å². The number of aliphatic carboxylic acids is 1. The summed E-state index contributed by atoms with van der Waals surface area (Å²) in [6, 6.07) is 0.164. The van der Waals surface area contributed by atoms with Gasteiger partial charge in [-0.3, -0.25) is 9.36 Å². The van der Waals surface area contributed by atoms with Crippen molar-refractivity contribution in [3.63, 3.8) is 0 Å². The maximum absolute atomic E-state index is 10.6. The molecule has 0 fully saturated rings. The van der Waals surface area contributed by atoms with E-state index in [1.807, 2.05) is 30.4 Å². The van der Waals surface area contributed by atoms with E-state index in [1.165, 1.54) is 11.8 Å². The number of aromatic nitrogens is 3. The number of rotatable bonds is 8. The van der Waals surface area contributed by atoms with Crippen LogP contribution in [0.1, 0.15) is 13.8 Å². The van der Waals surface area contributed by atoms with Gasteiger partial charge in [0.05, 0.1) is 18.4 Å². The van der Waals surface area contributed by atoms with Crippen LogP contribution in [0, 0.1) is 0 Å². The first-order valence-electron chi connectivity index (χ1n) is 6.00. The molecule has 1 rings (SSSR count). The largest absolute Gasteiger partial charge is 0.481 e. The topological polar surface area (TPSA) is 80.5 Å². The molecule has 1 unspecified atom stereocenters. The number of anilines is 1. The van der Waals surface area contributed by atoms with Gasteiger partial charge < -0.3 is 14.7 Å². The fourth-order valence-electron chi connectivity index (χ4n) is 1.60. The number of hydrogen-bond donors (Lipinski definition) is 1. The fraction of sp³-hybridized carbons (Fsp3) is 0.727. The van der Waals surface area contributed by atoms with Crippen molar-refractivity contribution in [3.05, 3.63) is 0 Å². The molecule has 0 amide bonds. The van der Waals surface area contributed by atoms with Gasteiger partial charge in [-0.25, -0.2) is 0 Å². The lowest BCUT2D eigenvalue weighted by atomic mass is 10.3. The van der Waals surface area contributed by atoms with Crippen LogP contribution in [0.5, 0.6) is 0 Å². The molecule has 1 N–H and O–H groups in total. The molecule has 1 atom stereocenters. The number of hydrogen-bond acceptors (Lipinski definition) is 6. The summed E-state index contributed by atoms with van der Waals surface area (Å²) in [6.07, 6.45) is 0. The molecular weight excluding hydrogens is 268 g/mol. The smallest absolute Gasteiger partial charge is 0.313 e. The van der Waals surface area contributed by atoms with E-state index in [2.05, 4.69) is 10.2 Å². The average molecular weight is 288 g/mol. The highest BCUT2D eigenvalue weighted by Crippen LogP contribution is 2.22. The van der Waals surface area contributed by atoms with Gasteiger partial charge in [0.2, 0.25) is 5.95 Å². The van der Waals surface area contributed by atoms with Crippen LogP contribution in [-0.4, -0.2) is 58.4 Å². The van der Waals surface area contributed by atoms with Gasteiger partial charge in [-0.15, -0.1) is 10.2 Å². The fourth-order valence-corrected chi connectivity index (χ4v) is 2.32. The van der Waals surface area contributed by atoms with E-state index in [0.29, 0.717) is 18.3 Å². The van der Waals surface area contributed by atoms with E-state index in [9.17, 15) is 4.79 Å². The number of carboxylic acid groups (broad SMARTS) is 1. The molecule has 7 nitrogen and oxygen atoms in total. The second-order valence-electron chi connectivity index (χ2n) is 4.12. The van der Waals surface area contributed by atoms with Gasteiger partial charge in [-0.2, -0.15) is 0 Å². The molecule has 0 saturated carbocycles. The number of carbonyl (C=O) groups is 1. The molecule has 0 radical (unpaired) electrons. The quantitative estimate of drug-likeness (QED) is 0.713. The molecule has 1 heterocycles. The van der Waals surface area contributed by atoms with Crippen LogP contribution in [0.2, 0.25) is 0 Å². The Morgan fingerprint density at radius 1 is 1.58 bits per heavy atom. The van der Waals surface area contributed by atoms with Crippen molar-refractivity contribution in [2.45, 2.75) is 31.6 Å². The molecule has 8 heteroatoms. The van der Waals surface area contributed by atoms with Gasteiger partial charge in [-0.1, -0.05) is 11.8 Å². The molecule has 0 aromatic carbocycles. The first-order valence-corrected chi connectivity index (χ1v) is 6.99. The minimum absolute atomic E-state index is 0.0184. The normalized spacial score (nSPS) is 12.4. The Balaban J connectivity index is 2.86. The van der Waals surface area contributed by atoms with Gasteiger partial charge in [0.25, 0.3) is 0 Å². The summed E-state index contributed by atoms with van der Waals surface area (Å²) in [6.45, 7) is 5.29. The van der Waals surface area contributed by atoms with E-state index in [1.54, 1.807) is 7.11 Å². The molecule has 108 valence electrons. The van der Waals surface area contributed by atoms with Gasteiger partial charge in [0, 0.05) is 20.7 Å². The van der Waals surface area contributed by atoms with Crippen LogP contribution >= 0.6 is 11.8 Å². The van der Waals surface area contributed by atoms with Gasteiger partial charge in [0.1, 0.15) is 0 Å². The highest BCUT2D eigenvalue weighted by molar-refractivity contribution is 7.99. The molecule has 0 spiro atoms. The van der Waals surface area contributed by atoms with E-state index >= 15 is 0 Å². The lowest BCUT2D eigenvalue weighted by Gasteiger charge is -2.25. The highest BCUT2D eigenvalue weighted by atomic mass is 32.2. The van der Waals surface area contributed by atoms with Crippen molar-refractivity contribution in [3.8, 4) is 0 Å². The Bertz CT molecular complexity index is 424. The van der Waals surface area contributed by atoms with Crippen LogP contribution in [0.3, 0.4) is 0 Å². The predicted molar refractivity (Wildman–Crippen MR) is 73.8 cm³/mol. The Kier molecular flexibility index (Phi) is 6.10. The summed E-state index contributed by atoms with van der Waals surface area (Å²) in [5, 5.41) is 17.5. The summed E-state index contributed by atoms with van der Waals surface area (Å²) in [4.78, 5) is 12.6. The van der Waals surface area contributed by atoms with E-state index in [4.69, 9.17) is 9.84 Å². The summed E-state index contributed by atoms with van der Waals surface area (Å²) in [5.41, 5.74) is 0. The summed E-state index contributed by atoms with van der Waals surface area (Å²) >= 11 is 1.17. The third kappa shape index (κ3) is 4.10. The monoisotopic (exact) mass is 288 g/mol. The van der Waals surface area contributed by atoms with Crippen LogP contribution in [0.25, 0.3) is 0 Å². The molecule has 0 aliphatic heterocycles. The van der Waals surface area contributed by atoms with Crippen molar-refractivity contribution in [1.29, 1.82) is 0 Å². The molecule has 0 aliphatic carbocycles. The highest BCUT2D eigenvalue weighted by Gasteiger charge is 2.19. The first-order chi connectivity index (χ1) is 9.01. The molecule has 19 heavy (non-hydrogen) atoms. The van der Waals surface area contributed by atoms with Crippen molar-refractivity contribution in [2.75, 3.05) is 31.4 Å². The maximum Gasteiger partial charge on any atom is 0.313 e. The summed E-state index contributed by atoms with van der Waals surface area (Å²) in [7, 11) is 3.58. The molecule has 0 aliphatic rings. The summed E-state index contributed by atoms with van der Waals surface area (Å²) < 4.78 is 7.03. The van der Waals surface area contributed by atoms with E-state index in [0.717, 1.165) is 5.95 Å². The molecular formula is C11H20N4O3S. The van der Waals surface area contributed by atoms with Crippen molar-refractivity contribution >= 4 is 23.7 Å². The summed E-state index contributed by atoms with van der Waals surface area (Å²) in [5.74, 6) is -0.159. The standard InChI is InChI=1S/C11H20N4O3S/c1-5-15-10(14(3)8(2)6-18-4)12-13-11(15)19-7-9(16)17/h8H,5-7H2,1-4H3,(H,16,17). The number of methoxy groups -OCH3 is 1. The third-order valence-corrected chi connectivity index (χ3v) is 3.67. The van der Waals surface area contributed by atoms with Crippen molar-refractivity contribution < 1.29 is 14.6 Å². The third-order valence-electron chi connectivity index (χ3n) is 2.72. The average Bonchev–Trinajstić information content (AvgIpc) is 2.78. The number of carboxylic acids is 1. The van der Waals surface area contributed by atoms with Crippen LogP contribution in [-0.2, 0) is 16.1 Å². The second-order valence-corrected chi connectivity index (χ2v) is 5.07. The van der Waals surface area contributed by atoms with Crippen LogP contribution in [0.15, 0.2) is 5.16 Å². The van der Waals surface area contributed by atoms with Gasteiger partial charge in [0.15, 0.2) is 5.16 Å². The van der Waals surface area contributed by atoms with E-state index in [-0.39, 0.29) is 11.8 Å². The zero-order valence-corrected chi connectivity index (χ0v) is 12.5. The lowest BCUT2D eigenvalue weighted by Crippen LogP contribution is -2.34. The van der Waals surface area contributed by atoms with E-state index < -0.39 is 5.97 Å². The van der Waals surface area contributed by atoms with Crippen LogP contribution < -0.4 is 4.90 Å². The zero-order valence-electron chi connectivity index (χ0n) is 11.7. The maximum atomic E-state index is 10.6. The Morgan fingerprint density at radius 2 is 2.26 bits per heavy atom. The SMILES string of the molecule is CCn1c(SCC(=O)O)nnc1N(C)C(C)COC. The molecule has 1 aromatic rings. The molecule has 1 aromatic heterocycles. The minimum atomic E-state index is -0.863. The lowest BCUT2D eigenvalue weighted by molar-refractivity contribution is -0.133. The van der Waals surface area contributed by atoms with Crippen molar-refractivity contribution in [2.24, 2.45) is 0 Å². The Hall–Kier alpha value is -1.28. The number of ether oxygens (including phenoxy) is 1. The van der Waals surface area contributed by atoms with Gasteiger partial charge in [-0.05, 0) is 13.8 Å². The molecule has 0 saturated heterocycles. The zero-order chi connectivity index (χ0) is 14.4. The molecule has 0 bridgehead atoms.